The van der Waals surface area contributed by atoms with Gasteiger partial charge in [-0.2, -0.15) is 11.8 Å². The fraction of sp³-hybridized carbons (Fsp3) is 0.833. The van der Waals surface area contributed by atoms with Gasteiger partial charge in [-0.05, 0) is 0 Å². The molecule has 0 aromatic rings. The number of nitrogens with two attached hydrogens (primary N) is 1. The van der Waals surface area contributed by atoms with Gasteiger partial charge in [0.05, 0.1) is 0 Å². The minimum atomic E-state index is 0.156. The summed E-state index contributed by atoms with van der Waals surface area (Å²) in [6, 6.07) is 0. The van der Waals surface area contributed by atoms with Crippen LogP contribution in [0.15, 0.2) is 0 Å². The van der Waals surface area contributed by atoms with Gasteiger partial charge in [-0.3, -0.25) is 4.79 Å². The molecule has 0 amide bonds. The van der Waals surface area contributed by atoms with Crippen LogP contribution in [0.1, 0.15) is 6.42 Å². The molecule has 1 fully saturated rings. The van der Waals surface area contributed by atoms with Crippen molar-refractivity contribution in [2.75, 3.05) is 18.1 Å². The van der Waals surface area contributed by atoms with Crippen molar-refractivity contribution in [3.63, 3.8) is 0 Å². The van der Waals surface area contributed by atoms with Gasteiger partial charge in [0.2, 0.25) is 0 Å². The standard InChI is InChI=1S/C6H11NOS/c7-3-5-4-9-2-1-6(5)8/h5H,1-4,7H2. The Bertz CT molecular complexity index is 116. The average molecular weight is 145 g/mol. The summed E-state index contributed by atoms with van der Waals surface area (Å²) >= 11 is 1.83. The molecular formula is C6H11NOS. The lowest BCUT2D eigenvalue weighted by atomic mass is 10.0. The third-order valence-corrected chi connectivity index (χ3v) is 2.68. The molecule has 0 bridgehead atoms. The molecule has 0 saturated carbocycles. The molecule has 0 aromatic carbocycles. The maximum absolute atomic E-state index is 10.9. The van der Waals surface area contributed by atoms with Crippen LogP contribution in [0.4, 0.5) is 0 Å². The summed E-state index contributed by atoms with van der Waals surface area (Å²) < 4.78 is 0. The predicted octanol–water partition coefficient (Wildman–Crippen LogP) is 0.267. The van der Waals surface area contributed by atoms with E-state index in [0.29, 0.717) is 12.3 Å². The highest BCUT2D eigenvalue weighted by Gasteiger charge is 2.20. The van der Waals surface area contributed by atoms with Gasteiger partial charge in [0.25, 0.3) is 0 Å². The second-order valence-electron chi connectivity index (χ2n) is 2.22. The lowest BCUT2D eigenvalue weighted by Gasteiger charge is -2.17. The molecule has 1 unspecified atom stereocenters. The zero-order valence-corrected chi connectivity index (χ0v) is 6.12. The zero-order chi connectivity index (χ0) is 6.69. The number of thioether (sulfide) groups is 1. The maximum Gasteiger partial charge on any atom is 0.138 e. The quantitative estimate of drug-likeness (QED) is 0.576. The van der Waals surface area contributed by atoms with Crippen molar-refractivity contribution in [1.82, 2.24) is 0 Å². The van der Waals surface area contributed by atoms with E-state index in [-0.39, 0.29) is 5.92 Å². The summed E-state index contributed by atoms with van der Waals surface area (Å²) in [5.74, 6) is 2.45. The molecule has 9 heavy (non-hydrogen) atoms. The van der Waals surface area contributed by atoms with Crippen molar-refractivity contribution in [3.05, 3.63) is 0 Å². The molecule has 2 N–H and O–H groups in total. The fourth-order valence-corrected chi connectivity index (χ4v) is 2.01. The highest BCUT2D eigenvalue weighted by Crippen LogP contribution is 2.18. The van der Waals surface area contributed by atoms with Gasteiger partial charge < -0.3 is 5.73 Å². The van der Waals surface area contributed by atoms with Crippen LogP contribution in [-0.2, 0) is 4.79 Å². The van der Waals surface area contributed by atoms with Crippen LogP contribution >= 0.6 is 11.8 Å². The van der Waals surface area contributed by atoms with E-state index in [1.54, 1.807) is 0 Å². The Hall–Kier alpha value is -0.0200. The van der Waals surface area contributed by atoms with Crippen LogP contribution in [0.3, 0.4) is 0 Å². The van der Waals surface area contributed by atoms with Gasteiger partial charge >= 0.3 is 0 Å². The minimum absolute atomic E-state index is 0.156. The Morgan fingerprint density at radius 1 is 1.78 bits per heavy atom. The first-order chi connectivity index (χ1) is 4.34. The zero-order valence-electron chi connectivity index (χ0n) is 5.30. The van der Waals surface area contributed by atoms with E-state index in [1.165, 1.54) is 0 Å². The molecule has 1 rings (SSSR count). The highest BCUT2D eigenvalue weighted by molar-refractivity contribution is 7.99. The predicted molar refractivity (Wildman–Crippen MR) is 39.5 cm³/mol. The van der Waals surface area contributed by atoms with E-state index in [2.05, 4.69) is 0 Å². The molecule has 1 saturated heterocycles. The Kier molecular flexibility index (Phi) is 2.54. The monoisotopic (exact) mass is 145 g/mol. The van der Waals surface area contributed by atoms with Gasteiger partial charge in [-0.15, -0.1) is 0 Å². The highest BCUT2D eigenvalue weighted by atomic mass is 32.2. The fourth-order valence-electron chi connectivity index (χ4n) is 0.895. The average Bonchev–Trinajstić information content (AvgIpc) is 1.89. The van der Waals surface area contributed by atoms with Gasteiger partial charge in [0, 0.05) is 30.4 Å². The van der Waals surface area contributed by atoms with Crippen LogP contribution in [0, 0.1) is 5.92 Å². The molecule has 1 heterocycles. The Morgan fingerprint density at radius 3 is 3.00 bits per heavy atom. The molecule has 52 valence electrons. The summed E-state index contributed by atoms with van der Waals surface area (Å²) in [5, 5.41) is 0. The second-order valence-corrected chi connectivity index (χ2v) is 3.37. The number of rotatable bonds is 1. The number of hydrogen-bond acceptors (Lipinski definition) is 3. The van der Waals surface area contributed by atoms with Crippen molar-refractivity contribution in [3.8, 4) is 0 Å². The minimum Gasteiger partial charge on any atom is -0.330 e. The normalized spacial score (nSPS) is 28.6. The molecule has 0 spiro atoms. The lowest BCUT2D eigenvalue weighted by molar-refractivity contribution is -0.121. The number of carbonyl (C=O) groups is 1. The van der Waals surface area contributed by atoms with Crippen LogP contribution in [0.2, 0.25) is 0 Å². The van der Waals surface area contributed by atoms with E-state index in [0.717, 1.165) is 17.9 Å². The van der Waals surface area contributed by atoms with Crippen LogP contribution in [-0.4, -0.2) is 23.8 Å². The Balaban J connectivity index is 2.39. The van der Waals surface area contributed by atoms with Crippen LogP contribution in [0.5, 0.6) is 0 Å². The Morgan fingerprint density at radius 2 is 2.56 bits per heavy atom. The van der Waals surface area contributed by atoms with Crippen molar-refractivity contribution in [2.45, 2.75) is 6.42 Å². The number of Topliss-reactive ketones (excluding diaryl/α,β-unsaturated/α-hetero) is 1. The summed E-state index contributed by atoms with van der Waals surface area (Å²) in [5.41, 5.74) is 5.36. The third kappa shape index (κ3) is 1.69. The van der Waals surface area contributed by atoms with E-state index >= 15 is 0 Å². The van der Waals surface area contributed by atoms with Crippen molar-refractivity contribution in [1.29, 1.82) is 0 Å². The van der Waals surface area contributed by atoms with E-state index in [1.807, 2.05) is 11.8 Å². The maximum atomic E-state index is 10.9. The van der Waals surface area contributed by atoms with Gasteiger partial charge in [-0.1, -0.05) is 0 Å². The van der Waals surface area contributed by atoms with Crippen LogP contribution < -0.4 is 5.73 Å². The number of carbonyl (C=O) groups excluding carboxylic acids is 1. The molecule has 1 aliphatic rings. The molecule has 0 radical (unpaired) electrons. The molecule has 0 aromatic heterocycles. The van der Waals surface area contributed by atoms with Gasteiger partial charge in [0.15, 0.2) is 0 Å². The SMILES string of the molecule is NCC1CSCCC1=O. The molecule has 1 atom stereocenters. The van der Waals surface area contributed by atoms with E-state index < -0.39 is 0 Å². The topological polar surface area (TPSA) is 43.1 Å². The Labute approximate surface area is 59.2 Å². The third-order valence-electron chi connectivity index (χ3n) is 1.55. The smallest absolute Gasteiger partial charge is 0.138 e. The molecule has 1 aliphatic heterocycles. The summed E-state index contributed by atoms with van der Waals surface area (Å²) in [6.45, 7) is 0.534. The molecule has 3 heteroatoms. The first-order valence-electron chi connectivity index (χ1n) is 3.15. The second kappa shape index (κ2) is 3.22. The van der Waals surface area contributed by atoms with Crippen LogP contribution in [0.25, 0.3) is 0 Å². The number of ketones is 1. The summed E-state index contributed by atoms with van der Waals surface area (Å²) in [7, 11) is 0. The van der Waals surface area contributed by atoms with Gasteiger partial charge in [0.1, 0.15) is 5.78 Å². The molecule has 0 aliphatic carbocycles. The summed E-state index contributed by atoms with van der Waals surface area (Å²) in [4.78, 5) is 10.9. The van der Waals surface area contributed by atoms with Gasteiger partial charge in [-0.25, -0.2) is 0 Å². The first kappa shape index (κ1) is 7.09. The molecule has 2 nitrogen and oxygen atoms in total. The number of hydrogen-bond donors (Lipinski definition) is 1. The van der Waals surface area contributed by atoms with Crippen molar-refractivity contribution < 1.29 is 4.79 Å². The van der Waals surface area contributed by atoms with E-state index in [4.69, 9.17) is 5.73 Å². The lowest BCUT2D eigenvalue weighted by Crippen LogP contribution is -2.29. The molecular weight excluding hydrogens is 134 g/mol. The largest absolute Gasteiger partial charge is 0.330 e. The summed E-state index contributed by atoms with van der Waals surface area (Å²) in [6.07, 6.45) is 0.729. The van der Waals surface area contributed by atoms with E-state index in [9.17, 15) is 4.79 Å². The first-order valence-corrected chi connectivity index (χ1v) is 4.30. The van der Waals surface area contributed by atoms with Crippen molar-refractivity contribution in [2.24, 2.45) is 11.7 Å². The van der Waals surface area contributed by atoms with Crippen molar-refractivity contribution >= 4 is 17.5 Å².